The van der Waals surface area contributed by atoms with Gasteiger partial charge in [0.2, 0.25) is 5.91 Å². The molecule has 0 spiro atoms. The van der Waals surface area contributed by atoms with Crippen LogP contribution in [-0.2, 0) is 23.8 Å². The molecule has 2 heterocycles. The van der Waals surface area contributed by atoms with Crippen LogP contribution >= 0.6 is 7.26 Å². The van der Waals surface area contributed by atoms with E-state index < -0.39 is 67.1 Å². The fraction of sp³-hybridized carbons (Fsp3) is 0.953. The highest BCUT2D eigenvalue weighted by Gasteiger charge is 2.47. The van der Waals surface area contributed by atoms with Gasteiger partial charge >= 0.3 is 5.97 Å². The second-order valence-electron chi connectivity index (χ2n) is 19.1. The fourth-order valence-electron chi connectivity index (χ4n) is 8.56. The number of hydrogen-bond acceptors (Lipinski definition) is 10. The zero-order valence-corrected chi connectivity index (χ0v) is 37.9. The number of rotatable bonds is 16. The molecular weight excluding hydrogens is 719 g/mol. The average molecular weight is 804 g/mol. The second kappa shape index (κ2) is 23.0. The maximum absolute atomic E-state index is 14.0. The number of cyclic esters (lactones) is 1. The second-order valence-corrected chi connectivity index (χ2v) is 24.1. The standard InChI is InChI=1S/C43H84N2O9P/c1-13-35-43(7,51)39(48)33(5)45(37(46)23-21-19-17-15-14-16-18-20-22-26-55(10,11)12)29-30(2)28-42(6,50)36(25-24-31(3)40(49)53-35)54-41-38(47)34(44(8)9)27-32(4)52-41/h30-36,38-39,41,47-48,50-51H,13-29H2,1-12H3/q+1/t30-,31-,32-,33-,34+,35-,36-,38-,39-,41+,42-,43-/m1/s1. The van der Waals surface area contributed by atoms with Gasteiger partial charge in [-0.2, -0.15) is 0 Å². The van der Waals surface area contributed by atoms with Gasteiger partial charge in [0.1, 0.15) is 23.9 Å². The lowest BCUT2D eigenvalue weighted by atomic mass is 9.83. The molecule has 2 aliphatic rings. The van der Waals surface area contributed by atoms with Crippen LogP contribution in [0, 0.1) is 11.8 Å². The molecule has 0 unspecified atom stereocenters. The van der Waals surface area contributed by atoms with Crippen LogP contribution in [0.5, 0.6) is 0 Å². The van der Waals surface area contributed by atoms with Crippen molar-refractivity contribution in [2.45, 2.75) is 205 Å². The highest BCUT2D eigenvalue weighted by Crippen LogP contribution is 2.47. The number of carbonyl (C=O) groups is 2. The van der Waals surface area contributed by atoms with Gasteiger partial charge in [0.15, 0.2) is 6.29 Å². The number of unbranched alkanes of at least 4 members (excludes halogenated alkanes) is 8. The summed E-state index contributed by atoms with van der Waals surface area (Å²) in [5.41, 5.74) is -3.26. The van der Waals surface area contributed by atoms with Gasteiger partial charge < -0.3 is 44.4 Å². The molecule has 2 rings (SSSR count). The number of aliphatic hydroxyl groups excluding tert-OH is 2. The molecule has 0 bridgehead atoms. The van der Waals surface area contributed by atoms with E-state index in [1.54, 1.807) is 32.6 Å². The van der Waals surface area contributed by atoms with Crippen molar-refractivity contribution in [3.8, 4) is 0 Å². The van der Waals surface area contributed by atoms with Crippen molar-refractivity contribution in [3.63, 3.8) is 0 Å². The van der Waals surface area contributed by atoms with E-state index in [1.165, 1.54) is 45.2 Å². The van der Waals surface area contributed by atoms with Crippen LogP contribution in [0.4, 0.5) is 0 Å². The molecule has 4 N–H and O–H groups in total. The van der Waals surface area contributed by atoms with Crippen molar-refractivity contribution in [2.24, 2.45) is 11.8 Å². The molecule has 0 aromatic heterocycles. The number of aliphatic hydroxyl groups is 4. The summed E-state index contributed by atoms with van der Waals surface area (Å²) in [7, 11) is 3.13. The highest BCUT2D eigenvalue weighted by molar-refractivity contribution is 7.73. The van der Waals surface area contributed by atoms with Crippen LogP contribution < -0.4 is 0 Å². The van der Waals surface area contributed by atoms with Crippen LogP contribution in [0.2, 0.25) is 0 Å². The Morgan fingerprint density at radius 2 is 1.49 bits per heavy atom. The maximum atomic E-state index is 14.0. The van der Waals surface area contributed by atoms with Gasteiger partial charge in [-0.15, -0.1) is 0 Å². The number of carbonyl (C=O) groups excluding carboxylic acids is 2. The minimum atomic E-state index is -1.83. The lowest BCUT2D eigenvalue weighted by Gasteiger charge is -2.45. The summed E-state index contributed by atoms with van der Waals surface area (Å²) in [4.78, 5) is 31.1. The molecule has 55 heavy (non-hydrogen) atoms. The molecule has 2 aliphatic heterocycles. The molecule has 0 aliphatic carbocycles. The minimum absolute atomic E-state index is 0.117. The number of likely N-dealkylation sites (N-methyl/N-ethyl adjacent to an activating group) is 1. The van der Waals surface area contributed by atoms with Crippen molar-refractivity contribution in [1.29, 1.82) is 0 Å². The van der Waals surface area contributed by atoms with Crippen LogP contribution in [0.1, 0.15) is 145 Å². The summed E-state index contributed by atoms with van der Waals surface area (Å²) in [6.07, 6.45) is 8.39. The number of hydrogen-bond donors (Lipinski definition) is 4. The normalized spacial score (nSPS) is 36.3. The van der Waals surface area contributed by atoms with Crippen molar-refractivity contribution >= 4 is 19.1 Å². The molecule has 0 aromatic rings. The van der Waals surface area contributed by atoms with Gasteiger partial charge in [0.05, 0.1) is 35.9 Å². The van der Waals surface area contributed by atoms with Crippen LogP contribution in [0.15, 0.2) is 0 Å². The largest absolute Gasteiger partial charge is 0.459 e. The third-order valence-electron chi connectivity index (χ3n) is 12.2. The first-order valence-corrected chi connectivity index (χ1v) is 24.9. The summed E-state index contributed by atoms with van der Waals surface area (Å²) < 4.78 is 18.4. The van der Waals surface area contributed by atoms with Gasteiger partial charge in [0, 0.05) is 46.3 Å². The Morgan fingerprint density at radius 3 is 2.04 bits per heavy atom. The van der Waals surface area contributed by atoms with E-state index in [-0.39, 0.29) is 49.8 Å². The summed E-state index contributed by atoms with van der Waals surface area (Å²) in [5.74, 6) is -1.48. The van der Waals surface area contributed by atoms with E-state index in [0.29, 0.717) is 19.3 Å². The Bertz CT molecular complexity index is 1130. The quantitative estimate of drug-likeness (QED) is 0.0778. The molecule has 0 aromatic carbocycles. The van der Waals surface area contributed by atoms with Crippen molar-refractivity contribution < 1.29 is 44.2 Å². The third-order valence-corrected chi connectivity index (χ3v) is 13.8. The predicted molar refractivity (Wildman–Crippen MR) is 224 cm³/mol. The first-order valence-electron chi connectivity index (χ1n) is 21.6. The van der Waals surface area contributed by atoms with Gasteiger partial charge in [0.25, 0.3) is 0 Å². The minimum Gasteiger partial charge on any atom is -0.459 e. The molecule has 2 fully saturated rings. The molecule has 12 atom stereocenters. The number of ether oxygens (including phenoxy) is 3. The van der Waals surface area contributed by atoms with E-state index in [1.807, 2.05) is 32.8 Å². The summed E-state index contributed by atoms with van der Waals surface area (Å²) in [6, 6.07) is -0.998. The first kappa shape index (κ1) is 50.2. The Kier molecular flexibility index (Phi) is 21.0. The Morgan fingerprint density at radius 1 is 0.927 bits per heavy atom. The van der Waals surface area contributed by atoms with Crippen LogP contribution in [0.3, 0.4) is 0 Å². The smallest absolute Gasteiger partial charge is 0.309 e. The zero-order chi connectivity index (χ0) is 41.7. The highest BCUT2D eigenvalue weighted by atomic mass is 31.2. The summed E-state index contributed by atoms with van der Waals surface area (Å²) >= 11 is 0. The van der Waals surface area contributed by atoms with Crippen molar-refractivity contribution in [1.82, 2.24) is 9.80 Å². The van der Waals surface area contributed by atoms with Crippen LogP contribution in [0.25, 0.3) is 0 Å². The topological polar surface area (TPSA) is 149 Å². The predicted octanol–water partition coefficient (Wildman–Crippen LogP) is 6.46. The number of nitrogens with zero attached hydrogens (tertiary/aromatic N) is 2. The van der Waals surface area contributed by atoms with Crippen LogP contribution in [-0.4, -0.2) is 149 Å². The summed E-state index contributed by atoms with van der Waals surface area (Å²) in [6.45, 7) is 19.8. The van der Waals surface area contributed by atoms with Gasteiger partial charge in [-0.25, -0.2) is 0 Å². The monoisotopic (exact) mass is 804 g/mol. The van der Waals surface area contributed by atoms with E-state index >= 15 is 0 Å². The summed E-state index contributed by atoms with van der Waals surface area (Å²) in [5, 5.41) is 46.9. The van der Waals surface area contributed by atoms with Gasteiger partial charge in [-0.3, -0.25) is 9.59 Å². The molecule has 11 nitrogen and oxygen atoms in total. The Balaban J connectivity index is 2.24. The molecular formula is C43H84N2O9P+. The number of esters is 1. The first-order chi connectivity index (χ1) is 25.5. The third kappa shape index (κ3) is 16.3. The molecule has 0 saturated carbocycles. The lowest BCUT2D eigenvalue weighted by Crippen LogP contribution is -2.60. The van der Waals surface area contributed by atoms with Gasteiger partial charge in [-0.05, 0) is 99.1 Å². The fourth-order valence-corrected chi connectivity index (χ4v) is 9.73. The van der Waals surface area contributed by atoms with Gasteiger partial charge in [-0.1, -0.05) is 59.3 Å². The lowest BCUT2D eigenvalue weighted by molar-refractivity contribution is -0.288. The van der Waals surface area contributed by atoms with E-state index in [2.05, 4.69) is 20.0 Å². The number of amides is 1. The van der Waals surface area contributed by atoms with E-state index in [9.17, 15) is 30.0 Å². The van der Waals surface area contributed by atoms with E-state index in [0.717, 1.165) is 25.7 Å². The zero-order valence-electron chi connectivity index (χ0n) is 37.0. The molecule has 0 radical (unpaired) electrons. The molecule has 1 amide bonds. The Labute approximate surface area is 336 Å². The van der Waals surface area contributed by atoms with E-state index in [4.69, 9.17) is 14.2 Å². The average Bonchev–Trinajstić information content (AvgIpc) is 3.08. The molecule has 12 heteroatoms. The molecule has 2 saturated heterocycles. The molecule has 324 valence electrons. The van der Waals surface area contributed by atoms with Crippen molar-refractivity contribution in [3.05, 3.63) is 0 Å². The maximum Gasteiger partial charge on any atom is 0.309 e. The SMILES string of the molecule is CC[C@H]1OC(=O)[C@H](C)CC[C@@H](O[C@@H]2O[C@H](C)C[C@H](N(C)C)[C@H]2O)[C@](C)(O)C[C@@H](C)CN(C(=O)CCCCCCCCCCC[P+](C)(C)C)[C@H](C)[C@@H](O)[C@]1(C)O. The van der Waals surface area contributed by atoms with Crippen molar-refractivity contribution in [2.75, 3.05) is 46.8 Å². The Hall–Kier alpha value is -0.910.